The highest BCUT2D eigenvalue weighted by Gasteiger charge is 2.26. The molecule has 1 aliphatic rings. The summed E-state index contributed by atoms with van der Waals surface area (Å²) in [6.45, 7) is 5.49. The summed E-state index contributed by atoms with van der Waals surface area (Å²) >= 11 is 0. The molecule has 2 rings (SSSR count). The summed E-state index contributed by atoms with van der Waals surface area (Å²) in [5.74, 6) is 1.17. The van der Waals surface area contributed by atoms with Crippen molar-refractivity contribution in [3.63, 3.8) is 0 Å². The average molecular weight is 292 g/mol. The largest absolute Gasteiger partial charge is 0.493 e. The second-order valence-electron chi connectivity index (χ2n) is 5.31. The predicted octanol–water partition coefficient (Wildman–Crippen LogP) is 1.85. The van der Waals surface area contributed by atoms with Gasteiger partial charge in [0, 0.05) is 12.6 Å². The van der Waals surface area contributed by atoms with Gasteiger partial charge in [0.25, 0.3) is 5.91 Å². The fraction of sp³-hybridized carbons (Fsp3) is 0.562. The Hall–Kier alpha value is -1.75. The van der Waals surface area contributed by atoms with Crippen LogP contribution in [-0.4, -0.2) is 31.7 Å². The summed E-state index contributed by atoms with van der Waals surface area (Å²) in [7, 11) is 1.60. The molecule has 1 aromatic carbocycles. The van der Waals surface area contributed by atoms with Crippen LogP contribution in [-0.2, 0) is 11.3 Å². The second kappa shape index (κ2) is 7.31. The summed E-state index contributed by atoms with van der Waals surface area (Å²) in [5, 5.41) is 6.21. The van der Waals surface area contributed by atoms with Gasteiger partial charge in [-0.25, -0.2) is 0 Å². The molecule has 0 saturated heterocycles. The number of hydrogen-bond acceptors (Lipinski definition) is 4. The standard InChI is InChI=1S/C16H24N2O3/c1-4-17-10-12-5-8-14(20-3)15(9-12)21-11(2)16(19)18-13-6-7-13/h5,8-9,11,13,17H,4,6-7,10H2,1-3H3,(H,18,19). The molecular formula is C16H24N2O3. The maximum Gasteiger partial charge on any atom is 0.260 e. The Balaban J connectivity index is 2.02. The topological polar surface area (TPSA) is 59.6 Å². The van der Waals surface area contributed by atoms with Gasteiger partial charge in [-0.15, -0.1) is 0 Å². The summed E-state index contributed by atoms with van der Waals surface area (Å²) in [6, 6.07) is 6.12. The summed E-state index contributed by atoms with van der Waals surface area (Å²) in [5.41, 5.74) is 1.10. The molecular weight excluding hydrogens is 268 g/mol. The lowest BCUT2D eigenvalue weighted by atomic mass is 10.2. The van der Waals surface area contributed by atoms with Crippen molar-refractivity contribution in [2.24, 2.45) is 0 Å². The molecule has 21 heavy (non-hydrogen) atoms. The molecule has 1 saturated carbocycles. The summed E-state index contributed by atoms with van der Waals surface area (Å²) in [6.07, 6.45) is 1.61. The smallest absolute Gasteiger partial charge is 0.260 e. The zero-order valence-electron chi connectivity index (χ0n) is 12.9. The molecule has 0 bridgehead atoms. The van der Waals surface area contributed by atoms with E-state index in [0.29, 0.717) is 17.5 Å². The number of nitrogens with one attached hydrogen (secondary N) is 2. The van der Waals surface area contributed by atoms with Crippen molar-refractivity contribution in [2.45, 2.75) is 45.4 Å². The van der Waals surface area contributed by atoms with Gasteiger partial charge in [-0.2, -0.15) is 0 Å². The Morgan fingerprint density at radius 2 is 2.14 bits per heavy atom. The van der Waals surface area contributed by atoms with E-state index in [4.69, 9.17) is 9.47 Å². The van der Waals surface area contributed by atoms with Gasteiger partial charge in [0.1, 0.15) is 0 Å². The van der Waals surface area contributed by atoms with Crippen LogP contribution in [0.1, 0.15) is 32.3 Å². The molecule has 1 atom stereocenters. The second-order valence-corrected chi connectivity index (χ2v) is 5.31. The number of rotatable bonds is 8. The van der Waals surface area contributed by atoms with E-state index in [9.17, 15) is 4.79 Å². The van der Waals surface area contributed by atoms with Gasteiger partial charge in [0.05, 0.1) is 7.11 Å². The third-order valence-electron chi connectivity index (χ3n) is 3.40. The summed E-state index contributed by atoms with van der Waals surface area (Å²) < 4.78 is 11.1. The van der Waals surface area contributed by atoms with E-state index < -0.39 is 6.10 Å². The van der Waals surface area contributed by atoms with Crippen molar-refractivity contribution in [3.05, 3.63) is 23.8 Å². The minimum absolute atomic E-state index is 0.0726. The maximum absolute atomic E-state index is 12.0. The van der Waals surface area contributed by atoms with Crippen LogP contribution < -0.4 is 20.1 Å². The van der Waals surface area contributed by atoms with Crippen molar-refractivity contribution in [1.82, 2.24) is 10.6 Å². The van der Waals surface area contributed by atoms with E-state index in [1.54, 1.807) is 14.0 Å². The molecule has 5 nitrogen and oxygen atoms in total. The predicted molar refractivity (Wildman–Crippen MR) is 81.6 cm³/mol. The number of hydrogen-bond donors (Lipinski definition) is 2. The number of benzene rings is 1. The first kappa shape index (κ1) is 15.6. The van der Waals surface area contributed by atoms with E-state index in [1.807, 2.05) is 18.2 Å². The molecule has 1 fully saturated rings. The first-order valence-electron chi connectivity index (χ1n) is 7.48. The molecule has 2 N–H and O–H groups in total. The Morgan fingerprint density at radius 3 is 2.76 bits per heavy atom. The van der Waals surface area contributed by atoms with Crippen LogP contribution in [0.15, 0.2) is 18.2 Å². The van der Waals surface area contributed by atoms with Crippen molar-refractivity contribution >= 4 is 5.91 Å². The molecule has 1 amide bonds. The number of amides is 1. The third-order valence-corrected chi connectivity index (χ3v) is 3.40. The van der Waals surface area contributed by atoms with Crippen LogP contribution in [0, 0.1) is 0 Å². The molecule has 0 aliphatic heterocycles. The van der Waals surface area contributed by atoms with Gasteiger partial charge in [0.2, 0.25) is 0 Å². The minimum Gasteiger partial charge on any atom is -0.493 e. The molecule has 1 unspecified atom stereocenters. The first-order chi connectivity index (χ1) is 10.1. The SMILES string of the molecule is CCNCc1ccc(OC)c(OC(C)C(=O)NC2CC2)c1. The maximum atomic E-state index is 12.0. The Morgan fingerprint density at radius 1 is 1.38 bits per heavy atom. The highest BCUT2D eigenvalue weighted by atomic mass is 16.5. The third kappa shape index (κ3) is 4.63. The molecule has 1 aromatic rings. The molecule has 1 aliphatic carbocycles. The highest BCUT2D eigenvalue weighted by Crippen LogP contribution is 2.29. The van der Waals surface area contributed by atoms with Gasteiger partial charge in [0.15, 0.2) is 17.6 Å². The molecule has 116 valence electrons. The molecule has 0 aromatic heterocycles. The number of methoxy groups -OCH3 is 1. The normalized spacial score (nSPS) is 15.4. The van der Waals surface area contributed by atoms with Crippen LogP contribution in [0.2, 0.25) is 0 Å². The van der Waals surface area contributed by atoms with Crippen LogP contribution >= 0.6 is 0 Å². The Kier molecular flexibility index (Phi) is 5.44. The zero-order chi connectivity index (χ0) is 15.2. The lowest BCUT2D eigenvalue weighted by Crippen LogP contribution is -2.37. The quantitative estimate of drug-likeness (QED) is 0.768. The van der Waals surface area contributed by atoms with E-state index in [1.165, 1.54) is 0 Å². The fourth-order valence-electron chi connectivity index (χ4n) is 1.98. The number of carbonyl (C=O) groups excluding carboxylic acids is 1. The van der Waals surface area contributed by atoms with Gasteiger partial charge < -0.3 is 20.1 Å². The van der Waals surface area contributed by atoms with Crippen molar-refractivity contribution in [2.75, 3.05) is 13.7 Å². The van der Waals surface area contributed by atoms with Gasteiger partial charge in [-0.3, -0.25) is 4.79 Å². The van der Waals surface area contributed by atoms with E-state index in [-0.39, 0.29) is 5.91 Å². The van der Waals surface area contributed by atoms with E-state index in [0.717, 1.165) is 31.5 Å². The van der Waals surface area contributed by atoms with Crippen molar-refractivity contribution in [1.29, 1.82) is 0 Å². The van der Waals surface area contributed by atoms with Gasteiger partial charge in [-0.1, -0.05) is 13.0 Å². The van der Waals surface area contributed by atoms with Crippen LogP contribution in [0.3, 0.4) is 0 Å². The van der Waals surface area contributed by atoms with Crippen LogP contribution in [0.25, 0.3) is 0 Å². The first-order valence-corrected chi connectivity index (χ1v) is 7.48. The molecule has 0 heterocycles. The van der Waals surface area contributed by atoms with E-state index in [2.05, 4.69) is 17.6 Å². The Bertz CT molecular complexity index is 486. The highest BCUT2D eigenvalue weighted by molar-refractivity contribution is 5.81. The van der Waals surface area contributed by atoms with E-state index >= 15 is 0 Å². The lowest BCUT2D eigenvalue weighted by Gasteiger charge is -2.17. The Labute approximate surface area is 126 Å². The number of ether oxygens (including phenoxy) is 2. The van der Waals surface area contributed by atoms with Crippen LogP contribution in [0.4, 0.5) is 0 Å². The van der Waals surface area contributed by atoms with Crippen molar-refractivity contribution < 1.29 is 14.3 Å². The minimum atomic E-state index is -0.533. The number of carbonyl (C=O) groups is 1. The van der Waals surface area contributed by atoms with Crippen LogP contribution in [0.5, 0.6) is 11.5 Å². The molecule has 0 spiro atoms. The molecule has 0 radical (unpaired) electrons. The average Bonchev–Trinajstić information content (AvgIpc) is 3.29. The van der Waals surface area contributed by atoms with Gasteiger partial charge >= 0.3 is 0 Å². The summed E-state index contributed by atoms with van der Waals surface area (Å²) in [4.78, 5) is 12.0. The van der Waals surface area contributed by atoms with Gasteiger partial charge in [-0.05, 0) is 44.0 Å². The monoisotopic (exact) mass is 292 g/mol. The fourth-order valence-corrected chi connectivity index (χ4v) is 1.98. The molecule has 5 heteroatoms. The lowest BCUT2D eigenvalue weighted by molar-refractivity contribution is -0.127. The zero-order valence-corrected chi connectivity index (χ0v) is 12.9. The van der Waals surface area contributed by atoms with Crippen molar-refractivity contribution in [3.8, 4) is 11.5 Å².